The molecular weight excluding hydrogens is 266 g/mol. The summed E-state index contributed by atoms with van der Waals surface area (Å²) in [5.41, 5.74) is -0.0198. The molecule has 126 valence electrons. The molecule has 0 aliphatic carbocycles. The highest BCUT2D eigenvalue weighted by atomic mass is 16.5. The van der Waals surface area contributed by atoms with Gasteiger partial charge in [-0.25, -0.2) is 0 Å². The van der Waals surface area contributed by atoms with E-state index < -0.39 is 6.10 Å². The molecular formula is C17H35NO3. The number of rotatable bonds is 11. The Balaban J connectivity index is 2.14. The molecule has 2 N–H and O–H groups in total. The van der Waals surface area contributed by atoms with Gasteiger partial charge in [0.1, 0.15) is 0 Å². The Morgan fingerprint density at radius 1 is 1.38 bits per heavy atom. The highest BCUT2D eigenvalue weighted by Crippen LogP contribution is 2.24. The van der Waals surface area contributed by atoms with E-state index in [1.54, 1.807) is 0 Å². The molecule has 0 spiro atoms. The molecule has 1 aliphatic heterocycles. The summed E-state index contributed by atoms with van der Waals surface area (Å²) in [7, 11) is 0. The van der Waals surface area contributed by atoms with Gasteiger partial charge in [-0.15, -0.1) is 0 Å². The van der Waals surface area contributed by atoms with Gasteiger partial charge in [0, 0.05) is 25.3 Å². The lowest BCUT2D eigenvalue weighted by molar-refractivity contribution is 0.0130. The smallest absolute Gasteiger partial charge is 0.0897 e. The number of aliphatic hydroxyl groups is 1. The van der Waals surface area contributed by atoms with E-state index in [2.05, 4.69) is 33.0 Å². The first-order valence-corrected chi connectivity index (χ1v) is 8.64. The summed E-state index contributed by atoms with van der Waals surface area (Å²) in [6.45, 7) is 11.2. The topological polar surface area (TPSA) is 50.7 Å². The van der Waals surface area contributed by atoms with Crippen molar-refractivity contribution in [3.8, 4) is 0 Å². The highest BCUT2D eigenvalue weighted by molar-refractivity contribution is 4.93. The number of aliphatic hydroxyl groups excluding tert-OH is 1. The second-order valence-corrected chi connectivity index (χ2v) is 6.67. The Bertz CT molecular complexity index is 275. The number of nitrogens with one attached hydrogen (secondary N) is 1. The molecule has 1 saturated heterocycles. The molecule has 0 radical (unpaired) electrons. The van der Waals surface area contributed by atoms with Gasteiger partial charge in [-0.2, -0.15) is 0 Å². The molecule has 0 aromatic carbocycles. The van der Waals surface area contributed by atoms with Gasteiger partial charge >= 0.3 is 0 Å². The van der Waals surface area contributed by atoms with Crippen LogP contribution in [-0.2, 0) is 9.47 Å². The maximum absolute atomic E-state index is 10.0. The van der Waals surface area contributed by atoms with Crippen LogP contribution in [0.3, 0.4) is 0 Å². The van der Waals surface area contributed by atoms with Crippen LogP contribution in [0.4, 0.5) is 0 Å². The SMILES string of the molecule is CCCCC(CC)COCC(O)CNC1(C)CCOC1C. The van der Waals surface area contributed by atoms with Crippen molar-refractivity contribution in [3.05, 3.63) is 0 Å². The molecule has 1 aliphatic rings. The fraction of sp³-hybridized carbons (Fsp3) is 1.00. The van der Waals surface area contributed by atoms with E-state index in [1.807, 2.05) is 0 Å². The minimum Gasteiger partial charge on any atom is -0.389 e. The van der Waals surface area contributed by atoms with Crippen LogP contribution in [0.25, 0.3) is 0 Å². The van der Waals surface area contributed by atoms with Crippen LogP contribution in [0.1, 0.15) is 59.8 Å². The van der Waals surface area contributed by atoms with E-state index in [-0.39, 0.29) is 11.6 Å². The van der Waals surface area contributed by atoms with Crippen molar-refractivity contribution in [1.29, 1.82) is 0 Å². The Kier molecular flexibility index (Phi) is 8.79. The lowest BCUT2D eigenvalue weighted by Crippen LogP contribution is -2.50. The van der Waals surface area contributed by atoms with Crippen LogP contribution < -0.4 is 5.32 Å². The maximum atomic E-state index is 10.0. The summed E-state index contributed by atoms with van der Waals surface area (Å²) >= 11 is 0. The fourth-order valence-corrected chi connectivity index (χ4v) is 2.75. The third-order valence-electron chi connectivity index (χ3n) is 4.84. The predicted molar refractivity (Wildman–Crippen MR) is 86.6 cm³/mol. The summed E-state index contributed by atoms with van der Waals surface area (Å²) in [5, 5.41) is 13.5. The van der Waals surface area contributed by atoms with Crippen molar-refractivity contribution in [3.63, 3.8) is 0 Å². The van der Waals surface area contributed by atoms with Crippen LogP contribution in [0, 0.1) is 5.92 Å². The Morgan fingerprint density at radius 2 is 2.14 bits per heavy atom. The molecule has 0 amide bonds. The van der Waals surface area contributed by atoms with E-state index >= 15 is 0 Å². The molecule has 0 aromatic heterocycles. The van der Waals surface area contributed by atoms with Crippen LogP contribution >= 0.6 is 0 Å². The minimum atomic E-state index is -0.446. The molecule has 0 saturated carbocycles. The molecule has 1 heterocycles. The Morgan fingerprint density at radius 3 is 2.71 bits per heavy atom. The van der Waals surface area contributed by atoms with Crippen LogP contribution in [-0.4, -0.2) is 49.2 Å². The van der Waals surface area contributed by atoms with Gasteiger partial charge in [-0.1, -0.05) is 33.1 Å². The van der Waals surface area contributed by atoms with Crippen molar-refractivity contribution in [2.45, 2.75) is 77.5 Å². The van der Waals surface area contributed by atoms with Crippen molar-refractivity contribution in [1.82, 2.24) is 5.32 Å². The van der Waals surface area contributed by atoms with E-state index in [0.29, 0.717) is 19.1 Å². The quantitative estimate of drug-likeness (QED) is 0.616. The molecule has 4 heteroatoms. The number of hydrogen-bond acceptors (Lipinski definition) is 4. The van der Waals surface area contributed by atoms with Gasteiger partial charge in [-0.05, 0) is 32.6 Å². The third-order valence-corrected chi connectivity index (χ3v) is 4.84. The van der Waals surface area contributed by atoms with Gasteiger partial charge in [0.15, 0.2) is 0 Å². The molecule has 1 fully saturated rings. The second kappa shape index (κ2) is 9.78. The van der Waals surface area contributed by atoms with Crippen LogP contribution in [0.2, 0.25) is 0 Å². The molecule has 1 rings (SSSR count). The largest absolute Gasteiger partial charge is 0.389 e. The van der Waals surface area contributed by atoms with Gasteiger partial charge < -0.3 is 19.9 Å². The number of β-amino-alcohol motifs (C(OH)–C–C–N with tert-alkyl or cyclic N) is 1. The number of unbranched alkanes of at least 4 members (excludes halogenated alkanes) is 1. The van der Waals surface area contributed by atoms with Gasteiger partial charge in [0.25, 0.3) is 0 Å². The van der Waals surface area contributed by atoms with Crippen molar-refractivity contribution in [2.24, 2.45) is 5.92 Å². The average Bonchev–Trinajstić information content (AvgIpc) is 2.80. The van der Waals surface area contributed by atoms with Crippen LogP contribution in [0.5, 0.6) is 0 Å². The molecule has 0 bridgehead atoms. The first kappa shape index (κ1) is 18.9. The zero-order chi connectivity index (χ0) is 15.7. The summed E-state index contributed by atoms with van der Waals surface area (Å²) in [6, 6.07) is 0. The normalized spacial score (nSPS) is 28.7. The average molecular weight is 301 g/mol. The maximum Gasteiger partial charge on any atom is 0.0897 e. The van der Waals surface area contributed by atoms with E-state index in [0.717, 1.165) is 26.1 Å². The minimum absolute atomic E-state index is 0.0198. The monoisotopic (exact) mass is 301 g/mol. The van der Waals surface area contributed by atoms with Crippen molar-refractivity contribution < 1.29 is 14.6 Å². The fourth-order valence-electron chi connectivity index (χ4n) is 2.75. The van der Waals surface area contributed by atoms with E-state index in [4.69, 9.17) is 9.47 Å². The number of hydrogen-bond donors (Lipinski definition) is 2. The zero-order valence-corrected chi connectivity index (χ0v) is 14.4. The Labute approximate surface area is 130 Å². The first-order valence-electron chi connectivity index (χ1n) is 8.64. The Hall–Kier alpha value is -0.160. The highest BCUT2D eigenvalue weighted by Gasteiger charge is 2.36. The second-order valence-electron chi connectivity index (χ2n) is 6.67. The standard InChI is InChI=1S/C17H35NO3/c1-5-7-8-15(6-2)12-20-13-16(19)11-18-17(4)9-10-21-14(17)3/h14-16,18-19H,5-13H2,1-4H3. The molecule has 21 heavy (non-hydrogen) atoms. The van der Waals surface area contributed by atoms with Gasteiger partial charge in [0.05, 0.1) is 18.8 Å². The first-order chi connectivity index (χ1) is 10.0. The zero-order valence-electron chi connectivity index (χ0n) is 14.4. The van der Waals surface area contributed by atoms with Crippen molar-refractivity contribution in [2.75, 3.05) is 26.4 Å². The van der Waals surface area contributed by atoms with Crippen molar-refractivity contribution >= 4 is 0 Å². The third kappa shape index (κ3) is 6.64. The lowest BCUT2D eigenvalue weighted by Gasteiger charge is -2.30. The predicted octanol–water partition coefficient (Wildman–Crippen LogP) is 2.74. The van der Waals surface area contributed by atoms with Crippen LogP contribution in [0.15, 0.2) is 0 Å². The molecule has 4 atom stereocenters. The lowest BCUT2D eigenvalue weighted by atomic mass is 9.94. The molecule has 0 aromatic rings. The molecule has 4 nitrogen and oxygen atoms in total. The van der Waals surface area contributed by atoms with E-state index in [9.17, 15) is 5.11 Å². The number of ether oxygens (including phenoxy) is 2. The summed E-state index contributed by atoms with van der Waals surface area (Å²) in [6.07, 6.45) is 5.64. The molecule has 4 unspecified atom stereocenters. The van der Waals surface area contributed by atoms with E-state index in [1.165, 1.54) is 19.3 Å². The summed E-state index contributed by atoms with van der Waals surface area (Å²) in [5.74, 6) is 0.630. The van der Waals surface area contributed by atoms with Gasteiger partial charge in [-0.3, -0.25) is 0 Å². The summed E-state index contributed by atoms with van der Waals surface area (Å²) < 4.78 is 11.3. The van der Waals surface area contributed by atoms with Gasteiger partial charge in [0.2, 0.25) is 0 Å². The summed E-state index contributed by atoms with van der Waals surface area (Å²) in [4.78, 5) is 0.